The van der Waals surface area contributed by atoms with Crippen LogP contribution in [0.2, 0.25) is 10.0 Å². The standard InChI is InChI=1S/C19H19Cl2FN4/c20-13-2-4-15(16(21)10-13)19-17(12-25-8-1-6-23-7-9-25)26-11-14(22)3-5-18(26)24-19/h2-5,10-11,23H,1,6-9,12H2. The summed E-state index contributed by atoms with van der Waals surface area (Å²) in [6.07, 6.45) is 2.57. The highest BCUT2D eigenvalue weighted by Gasteiger charge is 2.20. The fraction of sp³-hybridized carbons (Fsp3) is 0.316. The predicted molar refractivity (Wildman–Crippen MR) is 103 cm³/mol. The lowest BCUT2D eigenvalue weighted by atomic mass is 10.1. The molecular formula is C19H19Cl2FN4. The van der Waals surface area contributed by atoms with Gasteiger partial charge in [0, 0.05) is 36.4 Å². The van der Waals surface area contributed by atoms with Crippen molar-refractivity contribution in [2.24, 2.45) is 0 Å². The van der Waals surface area contributed by atoms with Crippen LogP contribution in [0.15, 0.2) is 36.5 Å². The van der Waals surface area contributed by atoms with Gasteiger partial charge in [-0.3, -0.25) is 9.30 Å². The number of nitrogens with zero attached hydrogens (tertiary/aromatic N) is 3. The molecule has 0 aliphatic carbocycles. The van der Waals surface area contributed by atoms with E-state index >= 15 is 0 Å². The first-order valence-corrected chi connectivity index (χ1v) is 9.42. The minimum atomic E-state index is -0.289. The Morgan fingerprint density at radius 1 is 1.12 bits per heavy atom. The monoisotopic (exact) mass is 392 g/mol. The average molecular weight is 393 g/mol. The summed E-state index contributed by atoms with van der Waals surface area (Å²) in [6.45, 7) is 4.58. The van der Waals surface area contributed by atoms with Crippen molar-refractivity contribution in [1.29, 1.82) is 0 Å². The molecule has 4 nitrogen and oxygen atoms in total. The van der Waals surface area contributed by atoms with Crippen molar-refractivity contribution < 1.29 is 4.39 Å². The average Bonchev–Trinajstić information content (AvgIpc) is 2.79. The first-order valence-electron chi connectivity index (χ1n) is 8.67. The minimum Gasteiger partial charge on any atom is -0.315 e. The van der Waals surface area contributed by atoms with E-state index in [-0.39, 0.29) is 5.82 Å². The second-order valence-electron chi connectivity index (χ2n) is 6.49. The third kappa shape index (κ3) is 3.58. The molecule has 0 amide bonds. The zero-order valence-electron chi connectivity index (χ0n) is 14.2. The molecule has 1 N–H and O–H groups in total. The molecule has 0 unspecified atom stereocenters. The van der Waals surface area contributed by atoms with Gasteiger partial charge in [-0.2, -0.15) is 0 Å². The number of rotatable bonds is 3. The fourth-order valence-electron chi connectivity index (χ4n) is 3.39. The van der Waals surface area contributed by atoms with Gasteiger partial charge in [0.15, 0.2) is 0 Å². The summed E-state index contributed by atoms with van der Waals surface area (Å²) < 4.78 is 15.7. The van der Waals surface area contributed by atoms with Crippen LogP contribution in [0.25, 0.3) is 16.9 Å². The Kier molecular flexibility index (Phi) is 5.14. The molecule has 1 aromatic carbocycles. The topological polar surface area (TPSA) is 32.6 Å². The largest absolute Gasteiger partial charge is 0.315 e. The number of fused-ring (bicyclic) bond motifs is 1. The second kappa shape index (κ2) is 7.53. The highest BCUT2D eigenvalue weighted by molar-refractivity contribution is 6.36. The van der Waals surface area contributed by atoms with Gasteiger partial charge in [0.25, 0.3) is 0 Å². The lowest BCUT2D eigenvalue weighted by Gasteiger charge is -2.20. The van der Waals surface area contributed by atoms with E-state index in [4.69, 9.17) is 28.2 Å². The zero-order valence-corrected chi connectivity index (χ0v) is 15.7. The van der Waals surface area contributed by atoms with Crippen LogP contribution in [0.4, 0.5) is 4.39 Å². The summed E-state index contributed by atoms with van der Waals surface area (Å²) in [5.41, 5.74) is 3.22. The SMILES string of the molecule is Fc1ccc2nc(-c3ccc(Cl)cc3Cl)c(CN3CCCNCC3)n2c1. The number of hydrogen-bond acceptors (Lipinski definition) is 3. The van der Waals surface area contributed by atoms with E-state index in [9.17, 15) is 4.39 Å². The molecule has 0 atom stereocenters. The van der Waals surface area contributed by atoms with E-state index in [1.807, 2.05) is 10.5 Å². The van der Waals surface area contributed by atoms with E-state index in [0.29, 0.717) is 22.2 Å². The van der Waals surface area contributed by atoms with Gasteiger partial charge < -0.3 is 5.32 Å². The first kappa shape index (κ1) is 17.7. The molecular weight excluding hydrogens is 374 g/mol. The third-order valence-corrected chi connectivity index (χ3v) is 5.22. The Morgan fingerprint density at radius 3 is 2.85 bits per heavy atom. The quantitative estimate of drug-likeness (QED) is 0.723. The van der Waals surface area contributed by atoms with Crippen LogP contribution >= 0.6 is 23.2 Å². The van der Waals surface area contributed by atoms with Gasteiger partial charge in [-0.25, -0.2) is 9.37 Å². The molecule has 136 valence electrons. The molecule has 1 fully saturated rings. The van der Waals surface area contributed by atoms with E-state index in [1.165, 1.54) is 12.3 Å². The Hall–Kier alpha value is -1.66. The molecule has 0 bridgehead atoms. The Labute approximate surface area is 161 Å². The summed E-state index contributed by atoms with van der Waals surface area (Å²) in [7, 11) is 0. The van der Waals surface area contributed by atoms with E-state index < -0.39 is 0 Å². The number of hydrogen-bond donors (Lipinski definition) is 1. The number of benzene rings is 1. The van der Waals surface area contributed by atoms with Gasteiger partial charge in [0.2, 0.25) is 0 Å². The van der Waals surface area contributed by atoms with Crippen LogP contribution in [0, 0.1) is 5.82 Å². The minimum absolute atomic E-state index is 0.289. The van der Waals surface area contributed by atoms with Crippen molar-refractivity contribution in [3.05, 3.63) is 58.1 Å². The summed E-state index contributed by atoms with van der Waals surface area (Å²) >= 11 is 12.5. The number of aromatic nitrogens is 2. The van der Waals surface area contributed by atoms with Crippen LogP contribution < -0.4 is 5.32 Å². The number of pyridine rings is 1. The molecule has 4 rings (SSSR count). The van der Waals surface area contributed by atoms with E-state index in [0.717, 1.165) is 49.6 Å². The number of imidazole rings is 1. The smallest absolute Gasteiger partial charge is 0.139 e. The Balaban J connectivity index is 1.83. The van der Waals surface area contributed by atoms with Crippen molar-refractivity contribution >= 4 is 28.8 Å². The maximum absolute atomic E-state index is 13.9. The molecule has 3 aromatic rings. The predicted octanol–water partition coefficient (Wildman–Crippen LogP) is 4.24. The van der Waals surface area contributed by atoms with Crippen LogP contribution in [-0.4, -0.2) is 40.5 Å². The molecule has 0 saturated carbocycles. The van der Waals surface area contributed by atoms with Crippen molar-refractivity contribution in [3.63, 3.8) is 0 Å². The lowest BCUT2D eigenvalue weighted by Crippen LogP contribution is -2.28. The molecule has 1 aliphatic rings. The lowest BCUT2D eigenvalue weighted by molar-refractivity contribution is 0.280. The molecule has 0 spiro atoms. The highest BCUT2D eigenvalue weighted by atomic mass is 35.5. The Bertz CT molecular complexity index is 933. The zero-order chi connectivity index (χ0) is 18.1. The fourth-order valence-corrected chi connectivity index (χ4v) is 3.89. The van der Waals surface area contributed by atoms with Crippen molar-refractivity contribution in [2.45, 2.75) is 13.0 Å². The summed E-state index contributed by atoms with van der Waals surface area (Å²) in [5.74, 6) is -0.289. The van der Waals surface area contributed by atoms with Crippen molar-refractivity contribution in [1.82, 2.24) is 19.6 Å². The van der Waals surface area contributed by atoms with Gasteiger partial charge in [-0.05, 0) is 49.8 Å². The van der Waals surface area contributed by atoms with Gasteiger partial charge in [-0.1, -0.05) is 23.2 Å². The summed E-state index contributed by atoms with van der Waals surface area (Å²) in [4.78, 5) is 7.09. The van der Waals surface area contributed by atoms with Gasteiger partial charge in [-0.15, -0.1) is 0 Å². The molecule has 1 saturated heterocycles. The third-order valence-electron chi connectivity index (χ3n) is 4.67. The van der Waals surface area contributed by atoms with Crippen LogP contribution in [0.5, 0.6) is 0 Å². The maximum Gasteiger partial charge on any atom is 0.139 e. The van der Waals surface area contributed by atoms with Crippen LogP contribution in [-0.2, 0) is 6.54 Å². The Morgan fingerprint density at radius 2 is 2.00 bits per heavy atom. The normalized spacial score (nSPS) is 16.1. The molecule has 2 aromatic heterocycles. The molecule has 7 heteroatoms. The molecule has 26 heavy (non-hydrogen) atoms. The van der Waals surface area contributed by atoms with Crippen LogP contribution in [0.3, 0.4) is 0 Å². The van der Waals surface area contributed by atoms with Crippen molar-refractivity contribution in [2.75, 3.05) is 26.2 Å². The second-order valence-corrected chi connectivity index (χ2v) is 7.33. The van der Waals surface area contributed by atoms with Crippen molar-refractivity contribution in [3.8, 4) is 11.3 Å². The summed E-state index contributed by atoms with van der Waals surface area (Å²) in [5, 5.41) is 4.52. The number of nitrogens with one attached hydrogen (secondary N) is 1. The maximum atomic E-state index is 13.9. The van der Waals surface area contributed by atoms with Gasteiger partial charge >= 0.3 is 0 Å². The number of halogens is 3. The summed E-state index contributed by atoms with van der Waals surface area (Å²) in [6, 6.07) is 8.50. The molecule has 3 heterocycles. The first-order chi connectivity index (χ1) is 12.6. The van der Waals surface area contributed by atoms with Gasteiger partial charge in [0.1, 0.15) is 11.5 Å². The molecule has 1 aliphatic heterocycles. The van der Waals surface area contributed by atoms with Crippen LogP contribution in [0.1, 0.15) is 12.1 Å². The molecule has 0 radical (unpaired) electrons. The highest BCUT2D eigenvalue weighted by Crippen LogP contribution is 2.33. The van der Waals surface area contributed by atoms with E-state index in [2.05, 4.69) is 10.2 Å². The van der Waals surface area contributed by atoms with E-state index in [1.54, 1.807) is 18.2 Å². The van der Waals surface area contributed by atoms with Gasteiger partial charge in [0.05, 0.1) is 16.4 Å².